The summed E-state index contributed by atoms with van der Waals surface area (Å²) in [5.41, 5.74) is 0.900. The molecular formula is C15H21NO3S. The van der Waals surface area contributed by atoms with E-state index in [4.69, 9.17) is 4.74 Å². The second kappa shape index (κ2) is 6.88. The Kier molecular flexibility index (Phi) is 5.17. The molecule has 0 bridgehead atoms. The molecule has 1 aromatic heterocycles. The number of ether oxygens (including phenoxy) is 1. The van der Waals surface area contributed by atoms with Gasteiger partial charge in [0.05, 0.1) is 0 Å². The molecule has 20 heavy (non-hydrogen) atoms. The quantitative estimate of drug-likeness (QED) is 0.802. The third-order valence-electron chi connectivity index (χ3n) is 3.79. The maximum Gasteiger partial charge on any atom is 0.349 e. The average Bonchev–Trinajstić information content (AvgIpc) is 2.90. The van der Waals surface area contributed by atoms with Crippen molar-refractivity contribution in [2.45, 2.75) is 45.6 Å². The number of likely N-dealkylation sites (tertiary alicyclic amines) is 1. The molecule has 0 aromatic carbocycles. The first-order valence-corrected chi connectivity index (χ1v) is 8.02. The Morgan fingerprint density at radius 3 is 2.90 bits per heavy atom. The summed E-state index contributed by atoms with van der Waals surface area (Å²) in [6.45, 7) is 4.60. The van der Waals surface area contributed by atoms with E-state index >= 15 is 0 Å². The highest BCUT2D eigenvalue weighted by Gasteiger charge is 2.26. The van der Waals surface area contributed by atoms with E-state index in [0.717, 1.165) is 31.4 Å². The first-order valence-electron chi connectivity index (χ1n) is 7.14. The zero-order valence-electron chi connectivity index (χ0n) is 12.1. The number of carbonyl (C=O) groups excluding carboxylic acids is 2. The number of hydrogen-bond donors (Lipinski definition) is 0. The second-order valence-electron chi connectivity index (χ2n) is 5.15. The molecule has 2 heterocycles. The summed E-state index contributed by atoms with van der Waals surface area (Å²) in [7, 11) is 0. The number of thiophene rings is 1. The Balaban J connectivity index is 1.88. The number of amides is 1. The summed E-state index contributed by atoms with van der Waals surface area (Å²) >= 11 is 1.35. The van der Waals surface area contributed by atoms with Gasteiger partial charge in [0.15, 0.2) is 6.61 Å². The van der Waals surface area contributed by atoms with Gasteiger partial charge in [-0.1, -0.05) is 6.92 Å². The van der Waals surface area contributed by atoms with Crippen LogP contribution in [0.15, 0.2) is 11.4 Å². The van der Waals surface area contributed by atoms with Gasteiger partial charge in [-0.3, -0.25) is 4.79 Å². The molecule has 0 radical (unpaired) electrons. The van der Waals surface area contributed by atoms with E-state index in [1.54, 1.807) is 0 Å². The number of esters is 1. The Hall–Kier alpha value is -1.36. The molecule has 0 saturated carbocycles. The molecule has 1 atom stereocenters. The topological polar surface area (TPSA) is 46.6 Å². The van der Waals surface area contributed by atoms with E-state index in [-0.39, 0.29) is 12.5 Å². The van der Waals surface area contributed by atoms with Crippen LogP contribution >= 0.6 is 11.3 Å². The molecule has 110 valence electrons. The molecule has 0 N–H and O–H groups in total. The van der Waals surface area contributed by atoms with Crippen molar-refractivity contribution in [3.63, 3.8) is 0 Å². The van der Waals surface area contributed by atoms with Gasteiger partial charge in [0.1, 0.15) is 4.88 Å². The van der Waals surface area contributed by atoms with Crippen LogP contribution in [0.5, 0.6) is 0 Å². The summed E-state index contributed by atoms with van der Waals surface area (Å²) in [6, 6.07) is 2.18. The standard InChI is InChI=1S/C15H21NO3S/c1-3-12-6-4-5-8-16(12)13(17)10-19-15(18)14-11(2)7-9-20-14/h7,9,12H,3-6,8,10H2,1-2H3. The number of piperidine rings is 1. The van der Waals surface area contributed by atoms with E-state index in [9.17, 15) is 9.59 Å². The summed E-state index contributed by atoms with van der Waals surface area (Å²) in [6.07, 6.45) is 4.24. The van der Waals surface area contributed by atoms with Crippen molar-refractivity contribution in [3.8, 4) is 0 Å². The van der Waals surface area contributed by atoms with Gasteiger partial charge in [0, 0.05) is 12.6 Å². The highest BCUT2D eigenvalue weighted by Crippen LogP contribution is 2.20. The molecule has 1 aliphatic heterocycles. The van der Waals surface area contributed by atoms with Crippen LogP contribution in [0.25, 0.3) is 0 Å². The molecule has 1 amide bonds. The van der Waals surface area contributed by atoms with Crippen LogP contribution in [0.3, 0.4) is 0 Å². The molecule has 1 aromatic rings. The Morgan fingerprint density at radius 1 is 1.45 bits per heavy atom. The van der Waals surface area contributed by atoms with Crippen molar-refractivity contribution in [2.24, 2.45) is 0 Å². The maximum atomic E-state index is 12.2. The third-order valence-corrected chi connectivity index (χ3v) is 4.79. The summed E-state index contributed by atoms with van der Waals surface area (Å²) < 4.78 is 5.16. The van der Waals surface area contributed by atoms with Gasteiger partial charge in [0.2, 0.25) is 0 Å². The Bertz CT molecular complexity index is 483. The van der Waals surface area contributed by atoms with Crippen LogP contribution in [-0.4, -0.2) is 36.0 Å². The minimum atomic E-state index is -0.393. The van der Waals surface area contributed by atoms with Crippen molar-refractivity contribution in [1.82, 2.24) is 4.90 Å². The van der Waals surface area contributed by atoms with Crippen molar-refractivity contribution >= 4 is 23.2 Å². The van der Waals surface area contributed by atoms with Gasteiger partial charge >= 0.3 is 5.97 Å². The molecule has 1 unspecified atom stereocenters. The van der Waals surface area contributed by atoms with Gasteiger partial charge in [-0.05, 0) is 49.6 Å². The van der Waals surface area contributed by atoms with Crippen LogP contribution in [0.1, 0.15) is 47.8 Å². The van der Waals surface area contributed by atoms with Crippen LogP contribution < -0.4 is 0 Å². The van der Waals surface area contributed by atoms with Gasteiger partial charge < -0.3 is 9.64 Å². The lowest BCUT2D eigenvalue weighted by Gasteiger charge is -2.35. The molecule has 5 heteroatoms. The van der Waals surface area contributed by atoms with Gasteiger partial charge in [-0.25, -0.2) is 4.79 Å². The fourth-order valence-corrected chi connectivity index (χ4v) is 3.43. The molecule has 1 saturated heterocycles. The predicted molar refractivity (Wildman–Crippen MR) is 79.0 cm³/mol. The van der Waals surface area contributed by atoms with E-state index in [1.165, 1.54) is 17.8 Å². The van der Waals surface area contributed by atoms with E-state index < -0.39 is 5.97 Å². The van der Waals surface area contributed by atoms with E-state index in [0.29, 0.717) is 10.9 Å². The molecule has 0 spiro atoms. The van der Waals surface area contributed by atoms with Crippen molar-refractivity contribution in [2.75, 3.05) is 13.2 Å². The third kappa shape index (κ3) is 3.39. The Labute approximate surface area is 123 Å². The zero-order valence-corrected chi connectivity index (χ0v) is 12.9. The lowest BCUT2D eigenvalue weighted by Crippen LogP contribution is -2.45. The summed E-state index contributed by atoms with van der Waals surface area (Å²) in [5.74, 6) is -0.463. The molecular weight excluding hydrogens is 274 g/mol. The normalized spacial score (nSPS) is 18.9. The second-order valence-corrected chi connectivity index (χ2v) is 6.07. The summed E-state index contributed by atoms with van der Waals surface area (Å²) in [4.78, 5) is 26.5. The highest BCUT2D eigenvalue weighted by atomic mass is 32.1. The van der Waals surface area contributed by atoms with Crippen molar-refractivity contribution < 1.29 is 14.3 Å². The van der Waals surface area contributed by atoms with Crippen LogP contribution in [0.4, 0.5) is 0 Å². The SMILES string of the molecule is CCC1CCCCN1C(=O)COC(=O)c1sccc1C. The maximum absolute atomic E-state index is 12.2. The van der Waals surface area contributed by atoms with E-state index in [2.05, 4.69) is 6.92 Å². The highest BCUT2D eigenvalue weighted by molar-refractivity contribution is 7.12. The first kappa shape index (κ1) is 15.0. The minimum Gasteiger partial charge on any atom is -0.451 e. The van der Waals surface area contributed by atoms with Crippen LogP contribution in [-0.2, 0) is 9.53 Å². The number of aryl methyl sites for hydroxylation is 1. The smallest absolute Gasteiger partial charge is 0.349 e. The molecule has 0 aliphatic carbocycles. The predicted octanol–water partition coefficient (Wildman–Crippen LogP) is 3.00. The van der Waals surface area contributed by atoms with Crippen LogP contribution in [0.2, 0.25) is 0 Å². The minimum absolute atomic E-state index is 0.0703. The largest absolute Gasteiger partial charge is 0.451 e. The molecule has 1 fully saturated rings. The van der Waals surface area contributed by atoms with Gasteiger partial charge in [0.25, 0.3) is 5.91 Å². The molecule has 1 aliphatic rings. The zero-order chi connectivity index (χ0) is 14.5. The number of hydrogen-bond acceptors (Lipinski definition) is 4. The number of carbonyl (C=O) groups is 2. The fourth-order valence-electron chi connectivity index (χ4n) is 2.61. The van der Waals surface area contributed by atoms with Gasteiger partial charge in [-0.15, -0.1) is 11.3 Å². The van der Waals surface area contributed by atoms with Crippen molar-refractivity contribution in [3.05, 3.63) is 21.9 Å². The number of nitrogens with zero attached hydrogens (tertiary/aromatic N) is 1. The monoisotopic (exact) mass is 295 g/mol. The fraction of sp³-hybridized carbons (Fsp3) is 0.600. The number of rotatable bonds is 4. The van der Waals surface area contributed by atoms with Crippen LogP contribution in [0, 0.1) is 6.92 Å². The lowest BCUT2D eigenvalue weighted by atomic mass is 10.00. The van der Waals surface area contributed by atoms with Crippen molar-refractivity contribution in [1.29, 1.82) is 0 Å². The van der Waals surface area contributed by atoms with Gasteiger partial charge in [-0.2, -0.15) is 0 Å². The summed E-state index contributed by atoms with van der Waals surface area (Å²) in [5, 5.41) is 1.85. The first-order chi connectivity index (χ1) is 9.63. The Morgan fingerprint density at radius 2 is 2.25 bits per heavy atom. The molecule has 2 rings (SSSR count). The lowest BCUT2D eigenvalue weighted by molar-refractivity contribution is -0.138. The molecule has 4 nitrogen and oxygen atoms in total. The average molecular weight is 295 g/mol. The van der Waals surface area contributed by atoms with E-state index in [1.807, 2.05) is 23.3 Å².